The SMILES string of the molecule is O=C(O)c1ccc2ccccc2c1OCC(O)Br. The summed E-state index contributed by atoms with van der Waals surface area (Å²) in [7, 11) is 0. The van der Waals surface area contributed by atoms with Crippen molar-refractivity contribution in [3.05, 3.63) is 42.0 Å². The topological polar surface area (TPSA) is 66.8 Å². The Kier molecular flexibility index (Phi) is 3.84. The number of carboxylic acids is 1. The van der Waals surface area contributed by atoms with Crippen LogP contribution in [0.1, 0.15) is 10.4 Å². The molecule has 0 saturated heterocycles. The first kappa shape index (κ1) is 12.9. The van der Waals surface area contributed by atoms with E-state index in [0.717, 1.165) is 5.39 Å². The number of hydrogen-bond donors (Lipinski definition) is 2. The van der Waals surface area contributed by atoms with E-state index in [4.69, 9.17) is 14.9 Å². The second kappa shape index (κ2) is 5.37. The van der Waals surface area contributed by atoms with E-state index in [9.17, 15) is 4.79 Å². The van der Waals surface area contributed by atoms with Gasteiger partial charge in [0.25, 0.3) is 0 Å². The van der Waals surface area contributed by atoms with Crippen LogP contribution in [0, 0.1) is 0 Å². The minimum atomic E-state index is -1.06. The largest absolute Gasteiger partial charge is 0.488 e. The van der Waals surface area contributed by atoms with Crippen LogP contribution in [-0.2, 0) is 0 Å². The molecule has 0 heterocycles. The molecule has 4 nitrogen and oxygen atoms in total. The van der Waals surface area contributed by atoms with Crippen molar-refractivity contribution in [3.63, 3.8) is 0 Å². The van der Waals surface area contributed by atoms with Crippen molar-refractivity contribution < 1.29 is 19.7 Å². The smallest absolute Gasteiger partial charge is 0.339 e. The van der Waals surface area contributed by atoms with Crippen molar-refractivity contribution in [2.24, 2.45) is 0 Å². The minimum absolute atomic E-state index is 0.0196. The van der Waals surface area contributed by atoms with Crippen molar-refractivity contribution in [2.45, 2.75) is 5.01 Å². The highest BCUT2D eigenvalue weighted by Crippen LogP contribution is 2.30. The quantitative estimate of drug-likeness (QED) is 0.852. The summed E-state index contributed by atoms with van der Waals surface area (Å²) in [6, 6.07) is 10.6. The number of ether oxygens (including phenoxy) is 1. The number of benzene rings is 2. The molecule has 0 aromatic heterocycles. The lowest BCUT2D eigenvalue weighted by Crippen LogP contribution is -2.12. The zero-order chi connectivity index (χ0) is 13.1. The van der Waals surface area contributed by atoms with Gasteiger partial charge in [0, 0.05) is 5.39 Å². The molecule has 5 heteroatoms. The molecule has 1 atom stereocenters. The lowest BCUT2D eigenvalue weighted by atomic mass is 10.1. The monoisotopic (exact) mass is 310 g/mol. The molecule has 0 saturated carbocycles. The van der Waals surface area contributed by atoms with E-state index in [-0.39, 0.29) is 17.9 Å². The number of rotatable bonds is 4. The van der Waals surface area contributed by atoms with E-state index in [1.807, 2.05) is 18.2 Å². The van der Waals surface area contributed by atoms with E-state index >= 15 is 0 Å². The van der Waals surface area contributed by atoms with Crippen molar-refractivity contribution in [3.8, 4) is 5.75 Å². The molecule has 94 valence electrons. The fourth-order valence-electron chi connectivity index (χ4n) is 1.72. The maximum Gasteiger partial charge on any atom is 0.339 e. The molecule has 1 unspecified atom stereocenters. The number of carbonyl (C=O) groups is 1. The second-order valence-corrected chi connectivity index (χ2v) is 4.77. The number of aromatic carboxylic acids is 1. The van der Waals surface area contributed by atoms with Crippen LogP contribution in [0.2, 0.25) is 0 Å². The Hall–Kier alpha value is -1.59. The molecule has 18 heavy (non-hydrogen) atoms. The van der Waals surface area contributed by atoms with Gasteiger partial charge in [0.05, 0.1) is 0 Å². The average molecular weight is 311 g/mol. The van der Waals surface area contributed by atoms with Crippen molar-refractivity contribution in [1.82, 2.24) is 0 Å². The second-order valence-electron chi connectivity index (χ2n) is 3.71. The van der Waals surface area contributed by atoms with E-state index in [0.29, 0.717) is 5.39 Å². The molecule has 0 aliphatic heterocycles. The van der Waals surface area contributed by atoms with Crippen LogP contribution >= 0.6 is 15.9 Å². The predicted molar refractivity (Wildman–Crippen MR) is 71.3 cm³/mol. The Bertz CT molecular complexity index is 580. The van der Waals surface area contributed by atoms with Gasteiger partial charge in [0.2, 0.25) is 0 Å². The molecular weight excluding hydrogens is 300 g/mol. The van der Waals surface area contributed by atoms with Gasteiger partial charge in [-0.05, 0) is 11.5 Å². The highest BCUT2D eigenvalue weighted by Gasteiger charge is 2.15. The summed E-state index contributed by atoms with van der Waals surface area (Å²) in [5, 5.41) is 19.1. The van der Waals surface area contributed by atoms with Crippen LogP contribution in [0.5, 0.6) is 5.75 Å². The highest BCUT2D eigenvalue weighted by molar-refractivity contribution is 9.09. The summed E-state index contributed by atoms with van der Waals surface area (Å²) in [6.07, 6.45) is 0. The number of halogens is 1. The van der Waals surface area contributed by atoms with Crippen LogP contribution in [0.3, 0.4) is 0 Å². The third kappa shape index (κ3) is 2.63. The van der Waals surface area contributed by atoms with Gasteiger partial charge in [-0.3, -0.25) is 0 Å². The van der Waals surface area contributed by atoms with Crippen LogP contribution in [0.4, 0.5) is 0 Å². The van der Waals surface area contributed by atoms with Gasteiger partial charge in [0.1, 0.15) is 22.9 Å². The average Bonchev–Trinajstić information content (AvgIpc) is 2.35. The molecule has 0 bridgehead atoms. The van der Waals surface area contributed by atoms with Gasteiger partial charge in [-0.2, -0.15) is 0 Å². The van der Waals surface area contributed by atoms with Crippen LogP contribution in [0.25, 0.3) is 10.8 Å². The minimum Gasteiger partial charge on any atom is -0.488 e. The van der Waals surface area contributed by atoms with Gasteiger partial charge in [0.15, 0.2) is 0 Å². The molecule has 2 N–H and O–H groups in total. The zero-order valence-corrected chi connectivity index (χ0v) is 10.9. The third-order valence-electron chi connectivity index (χ3n) is 2.48. The predicted octanol–water partition coefficient (Wildman–Crippen LogP) is 2.63. The van der Waals surface area contributed by atoms with Gasteiger partial charge in [-0.25, -0.2) is 4.79 Å². The first-order chi connectivity index (χ1) is 8.59. The summed E-state index contributed by atoms with van der Waals surface area (Å²) in [6.45, 7) is -0.0196. The molecule has 0 aliphatic carbocycles. The molecular formula is C13H11BrO4. The Labute approximate surface area is 112 Å². The fourth-order valence-corrected chi connectivity index (χ4v) is 1.85. The van der Waals surface area contributed by atoms with Gasteiger partial charge in [-0.15, -0.1) is 0 Å². The van der Waals surface area contributed by atoms with Crippen LogP contribution < -0.4 is 4.74 Å². The Morgan fingerprint density at radius 2 is 2.00 bits per heavy atom. The van der Waals surface area contributed by atoms with E-state index in [1.54, 1.807) is 12.1 Å². The summed E-state index contributed by atoms with van der Waals surface area (Å²) >= 11 is 2.94. The summed E-state index contributed by atoms with van der Waals surface area (Å²) < 4.78 is 5.40. The lowest BCUT2D eigenvalue weighted by Gasteiger charge is -2.12. The molecule has 0 amide bonds. The van der Waals surface area contributed by atoms with E-state index in [1.165, 1.54) is 6.07 Å². The molecule has 0 spiro atoms. The molecule has 2 aromatic rings. The maximum atomic E-state index is 11.2. The van der Waals surface area contributed by atoms with Crippen molar-refractivity contribution >= 4 is 32.7 Å². The highest BCUT2D eigenvalue weighted by atomic mass is 79.9. The lowest BCUT2D eigenvalue weighted by molar-refractivity contribution is 0.0690. The normalized spacial score (nSPS) is 12.3. The fraction of sp³-hybridized carbons (Fsp3) is 0.154. The molecule has 0 aliphatic rings. The molecule has 2 rings (SSSR count). The summed E-state index contributed by atoms with van der Waals surface area (Å²) in [4.78, 5) is 11.2. The number of aliphatic hydroxyl groups is 1. The number of carboxylic acid groups (broad SMARTS) is 1. The van der Waals surface area contributed by atoms with Crippen molar-refractivity contribution in [2.75, 3.05) is 6.61 Å². The van der Waals surface area contributed by atoms with Crippen molar-refractivity contribution in [1.29, 1.82) is 0 Å². The molecule has 2 aromatic carbocycles. The Morgan fingerprint density at radius 1 is 1.28 bits per heavy atom. The van der Waals surface area contributed by atoms with Crippen LogP contribution in [-0.4, -0.2) is 27.8 Å². The first-order valence-electron chi connectivity index (χ1n) is 5.29. The van der Waals surface area contributed by atoms with Gasteiger partial charge >= 0.3 is 5.97 Å². The Morgan fingerprint density at radius 3 is 2.67 bits per heavy atom. The first-order valence-corrected chi connectivity index (χ1v) is 6.21. The Balaban J connectivity index is 2.55. The van der Waals surface area contributed by atoms with Gasteiger partial charge < -0.3 is 14.9 Å². The molecule has 0 fully saturated rings. The molecule has 0 radical (unpaired) electrons. The summed E-state index contributed by atoms with van der Waals surface area (Å²) in [5.41, 5.74) is 0.0850. The standard InChI is InChI=1S/C13H11BrO4/c14-11(15)7-18-12-9-4-2-1-3-8(9)5-6-10(12)13(16)17/h1-6,11,15H,7H2,(H,16,17). The maximum absolute atomic E-state index is 11.2. The van der Waals surface area contributed by atoms with E-state index < -0.39 is 11.0 Å². The zero-order valence-electron chi connectivity index (χ0n) is 9.34. The summed E-state index contributed by atoms with van der Waals surface area (Å²) in [5.74, 6) is -0.779. The number of aliphatic hydroxyl groups excluding tert-OH is 1. The number of alkyl halides is 1. The number of fused-ring (bicyclic) bond motifs is 1. The van der Waals surface area contributed by atoms with Gasteiger partial charge in [-0.1, -0.05) is 46.3 Å². The third-order valence-corrected chi connectivity index (χ3v) is 2.74. The number of hydrogen-bond acceptors (Lipinski definition) is 3. The van der Waals surface area contributed by atoms with Crippen LogP contribution in [0.15, 0.2) is 36.4 Å². The van der Waals surface area contributed by atoms with E-state index in [2.05, 4.69) is 15.9 Å².